The lowest BCUT2D eigenvalue weighted by Crippen LogP contribution is -2.09. The third-order valence-corrected chi connectivity index (χ3v) is 3.54. The molecule has 20 heavy (non-hydrogen) atoms. The number of nitrogens with zero attached hydrogens (tertiary/aromatic N) is 3. The zero-order valence-electron chi connectivity index (χ0n) is 12.1. The molecule has 2 heterocycles. The van der Waals surface area contributed by atoms with Crippen LogP contribution in [0, 0.1) is 6.92 Å². The topological polar surface area (TPSA) is 50.7 Å². The average molecular weight is 335 g/mol. The molecule has 2 aromatic rings. The number of rotatable bonds is 5. The van der Waals surface area contributed by atoms with Crippen LogP contribution in [0.15, 0.2) is 22.8 Å². The SMILES string of the molecule is CCCNc1nc(-c2ccc(Br)cn2)nc(C)c1CC. The molecule has 0 radical (unpaired) electrons. The van der Waals surface area contributed by atoms with Gasteiger partial charge in [-0.05, 0) is 47.8 Å². The number of aromatic nitrogens is 3. The van der Waals surface area contributed by atoms with Gasteiger partial charge in [0.25, 0.3) is 0 Å². The van der Waals surface area contributed by atoms with Crippen molar-refractivity contribution < 1.29 is 0 Å². The van der Waals surface area contributed by atoms with E-state index < -0.39 is 0 Å². The molecule has 0 fully saturated rings. The van der Waals surface area contributed by atoms with Crippen LogP contribution in [0.25, 0.3) is 11.5 Å². The van der Waals surface area contributed by atoms with Crippen LogP contribution in [0.3, 0.4) is 0 Å². The second-order valence-electron chi connectivity index (χ2n) is 4.60. The lowest BCUT2D eigenvalue weighted by Gasteiger charge is -2.13. The first-order valence-electron chi connectivity index (χ1n) is 6.89. The van der Waals surface area contributed by atoms with E-state index in [1.54, 1.807) is 6.20 Å². The summed E-state index contributed by atoms with van der Waals surface area (Å²) in [4.78, 5) is 13.6. The molecule has 0 aromatic carbocycles. The van der Waals surface area contributed by atoms with Crippen LogP contribution < -0.4 is 5.32 Å². The van der Waals surface area contributed by atoms with Crippen LogP contribution >= 0.6 is 15.9 Å². The van der Waals surface area contributed by atoms with Crippen LogP contribution in [0.1, 0.15) is 31.5 Å². The highest BCUT2D eigenvalue weighted by atomic mass is 79.9. The summed E-state index contributed by atoms with van der Waals surface area (Å²) >= 11 is 3.39. The third kappa shape index (κ3) is 3.33. The molecule has 0 spiro atoms. The summed E-state index contributed by atoms with van der Waals surface area (Å²) in [7, 11) is 0. The van der Waals surface area contributed by atoms with E-state index in [1.807, 2.05) is 19.1 Å². The number of halogens is 1. The molecule has 0 saturated heterocycles. The second-order valence-corrected chi connectivity index (χ2v) is 5.52. The maximum Gasteiger partial charge on any atom is 0.180 e. The largest absolute Gasteiger partial charge is 0.370 e. The molecular weight excluding hydrogens is 316 g/mol. The first-order chi connectivity index (χ1) is 9.65. The highest BCUT2D eigenvalue weighted by Crippen LogP contribution is 2.22. The minimum Gasteiger partial charge on any atom is -0.370 e. The van der Waals surface area contributed by atoms with Crippen molar-refractivity contribution in [2.24, 2.45) is 0 Å². The fourth-order valence-electron chi connectivity index (χ4n) is 2.03. The van der Waals surface area contributed by atoms with E-state index in [9.17, 15) is 0 Å². The summed E-state index contributed by atoms with van der Waals surface area (Å²) < 4.78 is 0.951. The number of anilines is 1. The molecule has 5 heteroatoms. The van der Waals surface area contributed by atoms with Crippen molar-refractivity contribution >= 4 is 21.7 Å². The summed E-state index contributed by atoms with van der Waals surface area (Å²) in [6.45, 7) is 7.21. The second kappa shape index (κ2) is 6.79. The van der Waals surface area contributed by atoms with Crippen molar-refractivity contribution in [3.8, 4) is 11.5 Å². The van der Waals surface area contributed by atoms with Crippen LogP contribution in [0.4, 0.5) is 5.82 Å². The molecule has 2 rings (SSSR count). The Morgan fingerprint density at radius 2 is 2.00 bits per heavy atom. The Morgan fingerprint density at radius 3 is 2.60 bits per heavy atom. The Hall–Kier alpha value is -1.49. The summed E-state index contributed by atoms with van der Waals surface area (Å²) in [5.41, 5.74) is 2.98. The van der Waals surface area contributed by atoms with Crippen molar-refractivity contribution in [1.82, 2.24) is 15.0 Å². The maximum absolute atomic E-state index is 4.64. The predicted octanol–water partition coefficient (Wildman–Crippen LogP) is 3.99. The Kier molecular flexibility index (Phi) is 5.06. The van der Waals surface area contributed by atoms with Crippen LogP contribution in [-0.4, -0.2) is 21.5 Å². The lowest BCUT2D eigenvalue weighted by molar-refractivity contribution is 0.936. The summed E-state index contributed by atoms with van der Waals surface area (Å²) in [5, 5.41) is 3.39. The maximum atomic E-state index is 4.64. The van der Waals surface area contributed by atoms with Gasteiger partial charge >= 0.3 is 0 Å². The first kappa shape index (κ1) is 14.9. The van der Waals surface area contributed by atoms with E-state index >= 15 is 0 Å². The summed E-state index contributed by atoms with van der Waals surface area (Å²) in [6, 6.07) is 3.88. The molecular formula is C15H19BrN4. The van der Waals surface area contributed by atoms with Gasteiger partial charge in [0.15, 0.2) is 5.82 Å². The first-order valence-corrected chi connectivity index (χ1v) is 7.68. The molecule has 0 amide bonds. The van der Waals surface area contributed by atoms with Gasteiger partial charge in [-0.2, -0.15) is 0 Å². The average Bonchev–Trinajstić information content (AvgIpc) is 2.45. The monoisotopic (exact) mass is 334 g/mol. The van der Waals surface area contributed by atoms with Gasteiger partial charge in [0.05, 0.1) is 0 Å². The molecule has 0 aliphatic heterocycles. The van der Waals surface area contributed by atoms with Crippen LogP contribution in [0.2, 0.25) is 0 Å². The van der Waals surface area contributed by atoms with Crippen molar-refractivity contribution in [3.63, 3.8) is 0 Å². The normalized spacial score (nSPS) is 10.6. The quantitative estimate of drug-likeness (QED) is 0.897. The molecule has 0 unspecified atom stereocenters. The molecule has 0 atom stereocenters. The molecule has 0 saturated carbocycles. The smallest absolute Gasteiger partial charge is 0.180 e. The van der Waals surface area contributed by atoms with E-state index in [0.717, 1.165) is 41.1 Å². The minimum absolute atomic E-state index is 0.672. The Morgan fingerprint density at radius 1 is 1.20 bits per heavy atom. The molecule has 106 valence electrons. The Bertz CT molecular complexity index is 581. The van der Waals surface area contributed by atoms with Crippen LogP contribution in [-0.2, 0) is 6.42 Å². The van der Waals surface area contributed by atoms with E-state index in [0.29, 0.717) is 5.82 Å². The highest BCUT2D eigenvalue weighted by Gasteiger charge is 2.12. The van der Waals surface area contributed by atoms with Gasteiger partial charge in [-0.1, -0.05) is 13.8 Å². The van der Waals surface area contributed by atoms with Gasteiger partial charge < -0.3 is 5.32 Å². The molecule has 0 aliphatic carbocycles. The van der Waals surface area contributed by atoms with E-state index in [-0.39, 0.29) is 0 Å². The minimum atomic E-state index is 0.672. The number of aryl methyl sites for hydroxylation is 1. The van der Waals surface area contributed by atoms with Crippen LogP contribution in [0.5, 0.6) is 0 Å². The van der Waals surface area contributed by atoms with Gasteiger partial charge in [0.2, 0.25) is 0 Å². The van der Waals surface area contributed by atoms with Gasteiger partial charge in [-0.15, -0.1) is 0 Å². The van der Waals surface area contributed by atoms with E-state index in [2.05, 4.69) is 50.0 Å². The van der Waals surface area contributed by atoms with Gasteiger partial charge in [0.1, 0.15) is 11.5 Å². The zero-order chi connectivity index (χ0) is 14.5. The third-order valence-electron chi connectivity index (χ3n) is 3.07. The number of hydrogen-bond donors (Lipinski definition) is 1. The van der Waals surface area contributed by atoms with Gasteiger partial charge in [-0.25, -0.2) is 9.97 Å². The van der Waals surface area contributed by atoms with Crippen molar-refractivity contribution in [3.05, 3.63) is 34.1 Å². The number of nitrogens with one attached hydrogen (secondary N) is 1. The summed E-state index contributed by atoms with van der Waals surface area (Å²) in [6.07, 6.45) is 3.75. The molecule has 0 bridgehead atoms. The lowest BCUT2D eigenvalue weighted by atomic mass is 10.1. The molecule has 4 nitrogen and oxygen atoms in total. The van der Waals surface area contributed by atoms with Gasteiger partial charge in [-0.3, -0.25) is 4.98 Å². The fraction of sp³-hybridized carbons (Fsp3) is 0.400. The summed E-state index contributed by atoms with van der Waals surface area (Å²) in [5.74, 6) is 1.60. The Labute approximate surface area is 128 Å². The van der Waals surface area contributed by atoms with Crippen molar-refractivity contribution in [1.29, 1.82) is 0 Å². The fourth-order valence-corrected chi connectivity index (χ4v) is 2.27. The molecule has 0 aliphatic rings. The predicted molar refractivity (Wildman–Crippen MR) is 85.9 cm³/mol. The van der Waals surface area contributed by atoms with Gasteiger partial charge in [0, 0.05) is 28.5 Å². The molecule has 1 N–H and O–H groups in total. The number of pyridine rings is 1. The highest BCUT2D eigenvalue weighted by molar-refractivity contribution is 9.10. The number of hydrogen-bond acceptors (Lipinski definition) is 4. The standard InChI is InChI=1S/C15H19BrN4/c1-4-8-17-14-12(5-2)10(3)19-15(20-14)13-7-6-11(16)9-18-13/h6-7,9H,4-5,8H2,1-3H3,(H,17,19,20). The van der Waals surface area contributed by atoms with Crippen molar-refractivity contribution in [2.75, 3.05) is 11.9 Å². The molecule has 2 aromatic heterocycles. The van der Waals surface area contributed by atoms with E-state index in [4.69, 9.17) is 0 Å². The zero-order valence-corrected chi connectivity index (χ0v) is 13.7. The van der Waals surface area contributed by atoms with E-state index in [1.165, 1.54) is 5.56 Å². The van der Waals surface area contributed by atoms with Crippen molar-refractivity contribution in [2.45, 2.75) is 33.6 Å². The Balaban J connectivity index is 2.44.